The summed E-state index contributed by atoms with van der Waals surface area (Å²) in [5.74, 6) is -0.0862. The molecule has 0 aliphatic carbocycles. The fraction of sp³-hybridized carbons (Fsp3) is 0.400. The number of ether oxygens (including phenoxy) is 1. The molecular weight excluding hydrogens is 257 g/mol. The van der Waals surface area contributed by atoms with Crippen LogP contribution in [-0.2, 0) is 0 Å². The molecule has 0 unspecified atom stereocenters. The standard InChI is InChI=1S/C10H14BF3NO.K/c1-15(2)7-8-16-10-6-4-3-5-9(10)11(12,13)14;/h3-6H,7-8H2,1-2H3;/q-1;+1. The molecule has 0 saturated heterocycles. The van der Waals surface area contributed by atoms with Gasteiger partial charge in [0.1, 0.15) is 6.61 Å². The number of hydrogen-bond acceptors (Lipinski definition) is 2. The molecule has 0 heterocycles. The monoisotopic (exact) mass is 271 g/mol. The van der Waals surface area contributed by atoms with Gasteiger partial charge in [0.15, 0.2) is 0 Å². The van der Waals surface area contributed by atoms with Crippen LogP contribution in [0, 0.1) is 0 Å². The van der Waals surface area contributed by atoms with Crippen molar-refractivity contribution in [1.82, 2.24) is 4.90 Å². The molecule has 0 radical (unpaired) electrons. The number of para-hydroxylation sites is 1. The zero-order valence-electron chi connectivity index (χ0n) is 10.3. The summed E-state index contributed by atoms with van der Waals surface area (Å²) in [4.78, 5) is 1.85. The molecule has 17 heavy (non-hydrogen) atoms. The molecule has 0 atom stereocenters. The number of rotatable bonds is 5. The summed E-state index contributed by atoms with van der Waals surface area (Å²) in [6, 6.07) is 5.30. The predicted octanol–water partition coefficient (Wildman–Crippen LogP) is -1.31. The van der Waals surface area contributed by atoms with Gasteiger partial charge in [-0.2, -0.15) is 0 Å². The Kier molecular flexibility index (Phi) is 8.02. The fourth-order valence-corrected chi connectivity index (χ4v) is 1.22. The van der Waals surface area contributed by atoms with Gasteiger partial charge in [0, 0.05) is 6.54 Å². The first-order chi connectivity index (χ1) is 7.41. The molecule has 7 heteroatoms. The van der Waals surface area contributed by atoms with Crippen molar-refractivity contribution in [2.45, 2.75) is 0 Å². The van der Waals surface area contributed by atoms with E-state index in [4.69, 9.17) is 4.74 Å². The topological polar surface area (TPSA) is 12.5 Å². The molecule has 1 aromatic rings. The average Bonchev–Trinajstić information content (AvgIpc) is 2.16. The van der Waals surface area contributed by atoms with Gasteiger partial charge in [-0.25, -0.2) is 0 Å². The second kappa shape index (κ2) is 7.81. The van der Waals surface area contributed by atoms with E-state index in [1.165, 1.54) is 18.2 Å². The molecule has 2 nitrogen and oxygen atoms in total. The SMILES string of the molecule is CN(C)CCOc1ccccc1[B-](F)(F)F.[K+]. The Labute approximate surface area is 142 Å². The molecule has 0 spiro atoms. The van der Waals surface area contributed by atoms with E-state index in [0.29, 0.717) is 6.54 Å². The minimum Gasteiger partial charge on any atom is -0.495 e. The van der Waals surface area contributed by atoms with E-state index in [9.17, 15) is 12.9 Å². The molecule has 0 bridgehead atoms. The largest absolute Gasteiger partial charge is 1.00 e. The minimum atomic E-state index is -5.01. The van der Waals surface area contributed by atoms with Crippen LogP contribution in [0.1, 0.15) is 0 Å². The van der Waals surface area contributed by atoms with E-state index in [2.05, 4.69) is 0 Å². The minimum absolute atomic E-state index is 0. The van der Waals surface area contributed by atoms with Gasteiger partial charge < -0.3 is 22.6 Å². The van der Waals surface area contributed by atoms with Crippen molar-refractivity contribution < 1.29 is 69.1 Å². The van der Waals surface area contributed by atoms with Gasteiger partial charge in [0.25, 0.3) is 0 Å². The van der Waals surface area contributed by atoms with Crippen molar-refractivity contribution in [2.24, 2.45) is 0 Å². The van der Waals surface area contributed by atoms with Gasteiger partial charge in [-0.15, -0.1) is 0 Å². The Bertz CT molecular complexity index is 347. The molecule has 1 rings (SSSR count). The Balaban J connectivity index is 0.00000256. The van der Waals surface area contributed by atoms with Gasteiger partial charge in [0.2, 0.25) is 0 Å². The van der Waals surface area contributed by atoms with Crippen LogP contribution in [0.4, 0.5) is 12.9 Å². The molecule has 90 valence electrons. The Morgan fingerprint density at radius 3 is 2.29 bits per heavy atom. The second-order valence-electron chi connectivity index (χ2n) is 3.76. The maximum atomic E-state index is 12.6. The molecule has 0 aliphatic rings. The van der Waals surface area contributed by atoms with Crippen LogP contribution in [0.2, 0.25) is 0 Å². The van der Waals surface area contributed by atoms with E-state index < -0.39 is 12.4 Å². The van der Waals surface area contributed by atoms with Crippen molar-refractivity contribution in [3.63, 3.8) is 0 Å². The summed E-state index contributed by atoms with van der Waals surface area (Å²) in [6.07, 6.45) is 0. The molecule has 0 aliphatic heterocycles. The number of halogens is 3. The summed E-state index contributed by atoms with van der Waals surface area (Å²) in [5, 5.41) is 0. The smallest absolute Gasteiger partial charge is 0.495 e. The van der Waals surface area contributed by atoms with Gasteiger partial charge in [-0.1, -0.05) is 23.7 Å². The van der Waals surface area contributed by atoms with Crippen LogP contribution in [0.25, 0.3) is 0 Å². The van der Waals surface area contributed by atoms with Gasteiger partial charge >= 0.3 is 58.4 Å². The Morgan fingerprint density at radius 2 is 1.76 bits per heavy atom. The summed E-state index contributed by atoms with van der Waals surface area (Å²) in [7, 11) is 3.67. The summed E-state index contributed by atoms with van der Waals surface area (Å²) in [5.41, 5.74) is -0.666. The Morgan fingerprint density at radius 1 is 1.18 bits per heavy atom. The molecular formula is C10H14BF3KNO. The van der Waals surface area contributed by atoms with Crippen LogP contribution in [0.5, 0.6) is 5.75 Å². The van der Waals surface area contributed by atoms with E-state index >= 15 is 0 Å². The van der Waals surface area contributed by atoms with Crippen molar-refractivity contribution in [3.8, 4) is 5.75 Å². The normalized spacial score (nSPS) is 11.2. The molecule has 1 aromatic carbocycles. The van der Waals surface area contributed by atoms with Crippen LogP contribution in [0.3, 0.4) is 0 Å². The van der Waals surface area contributed by atoms with Crippen LogP contribution >= 0.6 is 0 Å². The quantitative estimate of drug-likeness (QED) is 0.616. The predicted molar refractivity (Wildman–Crippen MR) is 59.2 cm³/mol. The number of hydrogen-bond donors (Lipinski definition) is 0. The van der Waals surface area contributed by atoms with Crippen molar-refractivity contribution in [2.75, 3.05) is 27.2 Å². The first kappa shape index (κ1) is 17.5. The summed E-state index contributed by atoms with van der Waals surface area (Å²) >= 11 is 0. The first-order valence-corrected chi connectivity index (χ1v) is 4.97. The summed E-state index contributed by atoms with van der Waals surface area (Å²) < 4.78 is 42.9. The summed E-state index contributed by atoms with van der Waals surface area (Å²) in [6.45, 7) is -4.18. The number of nitrogens with zero attached hydrogens (tertiary/aromatic N) is 1. The van der Waals surface area contributed by atoms with E-state index in [1.54, 1.807) is 0 Å². The third-order valence-electron chi connectivity index (χ3n) is 2.07. The Hall–Kier alpha value is 0.471. The number of benzene rings is 1. The zero-order chi connectivity index (χ0) is 12.2. The van der Waals surface area contributed by atoms with E-state index in [-0.39, 0.29) is 63.7 Å². The molecule has 0 saturated carbocycles. The van der Waals surface area contributed by atoms with Crippen LogP contribution in [-0.4, -0.2) is 39.1 Å². The zero-order valence-corrected chi connectivity index (χ0v) is 13.4. The number of likely N-dealkylation sites (N-methyl/N-ethyl adjacent to an activating group) is 1. The van der Waals surface area contributed by atoms with Gasteiger partial charge in [0.05, 0.1) is 5.75 Å². The van der Waals surface area contributed by atoms with E-state index in [1.807, 2.05) is 19.0 Å². The van der Waals surface area contributed by atoms with Crippen LogP contribution in [0.15, 0.2) is 24.3 Å². The average molecular weight is 271 g/mol. The first-order valence-electron chi connectivity index (χ1n) is 4.97. The van der Waals surface area contributed by atoms with Crippen LogP contribution < -0.4 is 61.6 Å². The maximum absolute atomic E-state index is 12.6. The van der Waals surface area contributed by atoms with Crippen molar-refractivity contribution in [1.29, 1.82) is 0 Å². The van der Waals surface area contributed by atoms with Gasteiger partial charge in [-0.3, -0.25) is 0 Å². The van der Waals surface area contributed by atoms with Crippen molar-refractivity contribution in [3.05, 3.63) is 24.3 Å². The van der Waals surface area contributed by atoms with Gasteiger partial charge in [-0.05, 0) is 20.2 Å². The van der Waals surface area contributed by atoms with E-state index in [0.717, 1.165) is 6.07 Å². The third-order valence-corrected chi connectivity index (χ3v) is 2.07. The fourth-order valence-electron chi connectivity index (χ4n) is 1.22. The molecule has 0 amide bonds. The van der Waals surface area contributed by atoms with Crippen molar-refractivity contribution >= 4 is 12.4 Å². The second-order valence-corrected chi connectivity index (χ2v) is 3.76. The molecule has 0 aromatic heterocycles. The molecule has 0 N–H and O–H groups in total. The molecule has 0 fully saturated rings. The maximum Gasteiger partial charge on any atom is 1.00 e. The third kappa shape index (κ3) is 6.26.